The quantitative estimate of drug-likeness (QED) is 0.636. The molecule has 0 aliphatic carbocycles. The van der Waals surface area contributed by atoms with Gasteiger partial charge in [0.25, 0.3) is 0 Å². The normalized spacial score (nSPS) is 10.6. The standard InChI is InChI=1S/C13H13ClO4/c1-2-7-18-9-3-4-10(11(14)8-9)12(15)5-6-13(16)17/h3-6,8H,2,7H2,1H3,(H,16,17)/b6-5+. The number of allylic oxidation sites excluding steroid dienone is 1. The van der Waals surface area contributed by atoms with Crippen molar-refractivity contribution in [1.29, 1.82) is 0 Å². The summed E-state index contributed by atoms with van der Waals surface area (Å²) in [7, 11) is 0. The highest BCUT2D eigenvalue weighted by Gasteiger charge is 2.09. The van der Waals surface area contributed by atoms with Crippen molar-refractivity contribution in [3.63, 3.8) is 0 Å². The van der Waals surface area contributed by atoms with Crippen molar-refractivity contribution >= 4 is 23.4 Å². The van der Waals surface area contributed by atoms with Crippen molar-refractivity contribution in [2.75, 3.05) is 6.61 Å². The van der Waals surface area contributed by atoms with Crippen LogP contribution in [0.15, 0.2) is 30.4 Å². The number of aliphatic carboxylic acids is 1. The van der Waals surface area contributed by atoms with Gasteiger partial charge in [-0.1, -0.05) is 18.5 Å². The van der Waals surface area contributed by atoms with Crippen LogP contribution in [0.4, 0.5) is 0 Å². The molecule has 0 aliphatic rings. The van der Waals surface area contributed by atoms with Gasteiger partial charge in [0.05, 0.1) is 11.6 Å². The van der Waals surface area contributed by atoms with Crippen molar-refractivity contribution in [3.8, 4) is 5.75 Å². The molecule has 1 rings (SSSR count). The first-order valence-corrected chi connectivity index (χ1v) is 5.80. The fourth-order valence-electron chi connectivity index (χ4n) is 1.24. The summed E-state index contributed by atoms with van der Waals surface area (Å²) in [6.45, 7) is 2.55. The molecule has 0 saturated carbocycles. The Morgan fingerprint density at radius 1 is 1.39 bits per heavy atom. The summed E-state index contributed by atoms with van der Waals surface area (Å²) in [4.78, 5) is 21.9. The smallest absolute Gasteiger partial charge is 0.328 e. The van der Waals surface area contributed by atoms with Crippen LogP contribution in [0.1, 0.15) is 23.7 Å². The van der Waals surface area contributed by atoms with Gasteiger partial charge in [-0.15, -0.1) is 0 Å². The predicted octanol–water partition coefficient (Wildman–Crippen LogP) is 2.95. The van der Waals surface area contributed by atoms with Crippen LogP contribution in [0.5, 0.6) is 5.75 Å². The average Bonchev–Trinajstić information content (AvgIpc) is 2.33. The maximum Gasteiger partial charge on any atom is 0.328 e. The lowest BCUT2D eigenvalue weighted by molar-refractivity contribution is -0.131. The molecule has 0 unspecified atom stereocenters. The third-order valence-corrected chi connectivity index (χ3v) is 2.37. The Balaban J connectivity index is 2.85. The molecule has 0 amide bonds. The number of halogens is 1. The van der Waals surface area contributed by atoms with Crippen LogP contribution in [-0.4, -0.2) is 23.5 Å². The van der Waals surface area contributed by atoms with Gasteiger partial charge in [0.1, 0.15) is 5.75 Å². The van der Waals surface area contributed by atoms with Gasteiger partial charge in [-0.05, 0) is 30.7 Å². The van der Waals surface area contributed by atoms with Gasteiger partial charge in [-0.25, -0.2) is 4.79 Å². The SMILES string of the molecule is CCCOc1ccc(C(=O)/C=C/C(=O)O)c(Cl)c1. The van der Waals surface area contributed by atoms with E-state index >= 15 is 0 Å². The molecule has 18 heavy (non-hydrogen) atoms. The molecule has 1 aromatic carbocycles. The van der Waals surface area contributed by atoms with Gasteiger partial charge in [-0.3, -0.25) is 4.79 Å². The number of rotatable bonds is 6. The van der Waals surface area contributed by atoms with Gasteiger partial charge in [0, 0.05) is 11.6 Å². The third kappa shape index (κ3) is 4.22. The summed E-state index contributed by atoms with van der Waals surface area (Å²) in [5, 5.41) is 8.67. The Morgan fingerprint density at radius 2 is 2.11 bits per heavy atom. The fraction of sp³-hybridized carbons (Fsp3) is 0.231. The molecule has 0 heterocycles. The first-order chi connectivity index (χ1) is 8.54. The minimum atomic E-state index is -1.18. The Morgan fingerprint density at radius 3 is 2.67 bits per heavy atom. The van der Waals surface area contributed by atoms with E-state index in [0.717, 1.165) is 18.6 Å². The number of carbonyl (C=O) groups excluding carboxylic acids is 1. The highest BCUT2D eigenvalue weighted by molar-refractivity contribution is 6.34. The molecule has 0 aromatic heterocycles. The van der Waals surface area contributed by atoms with E-state index in [2.05, 4.69) is 0 Å². The van der Waals surface area contributed by atoms with Crippen LogP contribution in [-0.2, 0) is 4.79 Å². The third-order valence-electron chi connectivity index (χ3n) is 2.06. The number of ether oxygens (including phenoxy) is 1. The average molecular weight is 269 g/mol. The van der Waals surface area contributed by atoms with Crippen molar-refractivity contribution in [2.45, 2.75) is 13.3 Å². The first-order valence-electron chi connectivity index (χ1n) is 5.42. The molecule has 1 aromatic rings. The van der Waals surface area contributed by atoms with Crippen molar-refractivity contribution in [3.05, 3.63) is 40.9 Å². The second kappa shape index (κ2) is 6.81. The second-order valence-corrected chi connectivity index (χ2v) is 3.93. The molecule has 0 atom stereocenters. The highest BCUT2D eigenvalue weighted by Crippen LogP contribution is 2.23. The molecule has 0 spiro atoms. The molecule has 1 N–H and O–H groups in total. The zero-order valence-corrected chi connectivity index (χ0v) is 10.6. The molecule has 0 saturated heterocycles. The van der Waals surface area contributed by atoms with E-state index in [1.807, 2.05) is 6.92 Å². The van der Waals surface area contributed by atoms with Crippen molar-refractivity contribution < 1.29 is 19.4 Å². The minimum Gasteiger partial charge on any atom is -0.494 e. The number of carbonyl (C=O) groups is 2. The number of carboxylic acids is 1. The van der Waals surface area contributed by atoms with Crippen LogP contribution >= 0.6 is 11.6 Å². The topological polar surface area (TPSA) is 63.6 Å². The molecule has 4 nitrogen and oxygen atoms in total. The van der Waals surface area contributed by atoms with E-state index in [0.29, 0.717) is 12.4 Å². The van der Waals surface area contributed by atoms with E-state index in [4.69, 9.17) is 21.4 Å². The highest BCUT2D eigenvalue weighted by atomic mass is 35.5. The van der Waals surface area contributed by atoms with Gasteiger partial charge in [0.2, 0.25) is 0 Å². The number of benzene rings is 1. The number of ketones is 1. The van der Waals surface area contributed by atoms with Crippen LogP contribution in [0.3, 0.4) is 0 Å². The lowest BCUT2D eigenvalue weighted by Crippen LogP contribution is -1.99. The summed E-state index contributed by atoms with van der Waals surface area (Å²) >= 11 is 5.94. The first kappa shape index (κ1) is 14.3. The van der Waals surface area contributed by atoms with Gasteiger partial charge >= 0.3 is 5.97 Å². The summed E-state index contributed by atoms with van der Waals surface area (Å²) in [6.07, 6.45) is 2.62. The number of hydrogen-bond acceptors (Lipinski definition) is 3. The summed E-state index contributed by atoms with van der Waals surface area (Å²) in [5.74, 6) is -1.05. The second-order valence-electron chi connectivity index (χ2n) is 3.53. The van der Waals surface area contributed by atoms with Crippen LogP contribution in [0.25, 0.3) is 0 Å². The molecule has 96 valence electrons. The molecular formula is C13H13ClO4. The molecular weight excluding hydrogens is 256 g/mol. The Kier molecular flexibility index (Phi) is 5.39. The van der Waals surface area contributed by atoms with E-state index in [1.54, 1.807) is 12.1 Å². The predicted molar refractivity (Wildman–Crippen MR) is 68.3 cm³/mol. The monoisotopic (exact) mass is 268 g/mol. The number of carboxylic acid groups (broad SMARTS) is 1. The van der Waals surface area contributed by atoms with Crippen molar-refractivity contribution in [1.82, 2.24) is 0 Å². The summed E-state index contributed by atoms with van der Waals surface area (Å²) in [6, 6.07) is 4.68. The molecule has 5 heteroatoms. The maximum atomic E-state index is 11.6. The minimum absolute atomic E-state index is 0.239. The lowest BCUT2D eigenvalue weighted by atomic mass is 10.1. The van der Waals surface area contributed by atoms with Crippen LogP contribution in [0, 0.1) is 0 Å². The molecule has 0 radical (unpaired) electrons. The zero-order chi connectivity index (χ0) is 13.5. The summed E-state index contributed by atoms with van der Waals surface area (Å²) in [5.41, 5.74) is 0.248. The molecule has 0 aliphatic heterocycles. The Hall–Kier alpha value is -1.81. The summed E-state index contributed by atoms with van der Waals surface area (Å²) < 4.78 is 5.36. The molecule has 0 fully saturated rings. The van der Waals surface area contributed by atoms with E-state index < -0.39 is 11.8 Å². The Labute approximate surface area is 110 Å². The number of hydrogen-bond donors (Lipinski definition) is 1. The maximum absolute atomic E-state index is 11.6. The zero-order valence-electron chi connectivity index (χ0n) is 9.85. The molecule has 0 bridgehead atoms. The van der Waals surface area contributed by atoms with Crippen molar-refractivity contribution in [2.24, 2.45) is 0 Å². The van der Waals surface area contributed by atoms with Gasteiger partial charge in [0.15, 0.2) is 5.78 Å². The van der Waals surface area contributed by atoms with Gasteiger partial charge < -0.3 is 9.84 Å². The van der Waals surface area contributed by atoms with E-state index in [1.165, 1.54) is 6.07 Å². The lowest BCUT2D eigenvalue weighted by Gasteiger charge is -2.06. The Bertz CT molecular complexity index is 480. The fourth-order valence-corrected chi connectivity index (χ4v) is 1.51. The van der Waals surface area contributed by atoms with Crippen LogP contribution < -0.4 is 4.74 Å². The van der Waals surface area contributed by atoms with E-state index in [9.17, 15) is 9.59 Å². The van der Waals surface area contributed by atoms with Crippen LogP contribution in [0.2, 0.25) is 5.02 Å². The van der Waals surface area contributed by atoms with E-state index in [-0.39, 0.29) is 10.6 Å². The largest absolute Gasteiger partial charge is 0.494 e. The van der Waals surface area contributed by atoms with Gasteiger partial charge in [-0.2, -0.15) is 0 Å².